The Morgan fingerprint density at radius 2 is 1.86 bits per heavy atom. The van der Waals surface area contributed by atoms with Crippen LogP contribution in [0.2, 0.25) is 0 Å². The number of esters is 3. The van der Waals surface area contributed by atoms with Crippen molar-refractivity contribution < 1.29 is 52.8 Å². The summed E-state index contributed by atoms with van der Waals surface area (Å²) in [6, 6.07) is 1.75. The lowest BCUT2D eigenvalue weighted by Gasteiger charge is -2.67. The SMILES string of the molecule is C/C=C(\C)C(=O)O[C@H]1C(C)(C)[C@H]([C@H](O)C(=O)OC)[C@]2(C)C(=O)[C@@]1(O)[C@H]1O[C@]13[C@@H]1CC(=O)O[C@@H](c4ccoc4)[C@]1(C)CC[C@H]23. The van der Waals surface area contributed by atoms with Gasteiger partial charge in [-0.05, 0) is 32.8 Å². The van der Waals surface area contributed by atoms with E-state index in [-0.39, 0.29) is 12.0 Å². The number of methoxy groups -OCH3 is 1. The summed E-state index contributed by atoms with van der Waals surface area (Å²) in [6.07, 6.45) is 0.521. The van der Waals surface area contributed by atoms with E-state index in [1.807, 2.05) is 6.92 Å². The second-order valence-electron chi connectivity index (χ2n) is 14.1. The van der Waals surface area contributed by atoms with Gasteiger partial charge in [-0.2, -0.15) is 0 Å². The van der Waals surface area contributed by atoms with Crippen LogP contribution in [0.4, 0.5) is 0 Å². The highest BCUT2D eigenvalue weighted by atomic mass is 16.6. The molecule has 3 heterocycles. The minimum absolute atomic E-state index is 0.0199. The standard InChI is InChI=1S/C32H40O11/c1-8-15(2)23(35)42-26-28(3,4)21(20(34)24(36)39-7)30(6)17-9-11-29(5)18(32(17)27(43-32)31(26,38)25(30)37)13-19(33)41-22(29)16-10-12-40-14-16/h8,10,12,14,17-18,20-22,26-27,34,38H,9,11,13H2,1-7H3/b15-8+/t17-,18-,20+,21+,22+,26+,27-,29-,30-,31+,32-/m1/s1. The van der Waals surface area contributed by atoms with Crippen molar-refractivity contribution >= 4 is 23.7 Å². The molecule has 11 heteroatoms. The van der Waals surface area contributed by atoms with Crippen molar-refractivity contribution in [2.45, 2.75) is 96.4 Å². The van der Waals surface area contributed by atoms with Crippen LogP contribution in [0.5, 0.6) is 0 Å². The number of Topliss-reactive ketones (excluding diaryl/α,β-unsaturated/α-hetero) is 1. The van der Waals surface area contributed by atoms with Crippen molar-refractivity contribution in [2.75, 3.05) is 7.11 Å². The third-order valence-corrected chi connectivity index (χ3v) is 11.8. The van der Waals surface area contributed by atoms with E-state index in [0.29, 0.717) is 18.4 Å². The Kier molecular flexibility index (Phi) is 6.46. The molecule has 11 nitrogen and oxygen atoms in total. The van der Waals surface area contributed by atoms with Gasteiger partial charge in [0, 0.05) is 45.1 Å². The molecule has 2 aliphatic heterocycles. The molecule has 1 aromatic heterocycles. The number of carbonyl (C=O) groups is 4. The number of hydrogen-bond acceptors (Lipinski definition) is 11. The zero-order chi connectivity index (χ0) is 31.5. The van der Waals surface area contributed by atoms with Gasteiger partial charge in [0.2, 0.25) is 0 Å². The molecule has 5 aliphatic rings. The van der Waals surface area contributed by atoms with E-state index in [2.05, 4.69) is 0 Å². The monoisotopic (exact) mass is 600 g/mol. The van der Waals surface area contributed by atoms with Gasteiger partial charge in [0.05, 0.1) is 26.1 Å². The largest absolute Gasteiger partial charge is 0.472 e. The number of epoxide rings is 1. The summed E-state index contributed by atoms with van der Waals surface area (Å²) in [4.78, 5) is 54.1. The van der Waals surface area contributed by atoms with E-state index in [1.54, 1.807) is 53.0 Å². The van der Waals surface area contributed by atoms with E-state index in [9.17, 15) is 29.4 Å². The first-order valence-corrected chi connectivity index (χ1v) is 14.8. The molecule has 0 unspecified atom stereocenters. The molecular weight excluding hydrogens is 560 g/mol. The number of allylic oxidation sites excluding steroid dienone is 1. The zero-order valence-electron chi connectivity index (χ0n) is 25.5. The Hall–Kier alpha value is -3.02. The van der Waals surface area contributed by atoms with Gasteiger partial charge in [-0.25, -0.2) is 9.59 Å². The Balaban J connectivity index is 1.55. The predicted octanol–water partition coefficient (Wildman–Crippen LogP) is 2.83. The first-order valence-electron chi connectivity index (χ1n) is 14.8. The van der Waals surface area contributed by atoms with Gasteiger partial charge in [0.1, 0.15) is 23.9 Å². The van der Waals surface area contributed by atoms with Gasteiger partial charge in [0.15, 0.2) is 17.5 Å². The van der Waals surface area contributed by atoms with E-state index >= 15 is 0 Å². The maximum absolute atomic E-state index is 14.7. The van der Waals surface area contributed by atoms with Gasteiger partial charge in [0.25, 0.3) is 0 Å². The predicted molar refractivity (Wildman–Crippen MR) is 147 cm³/mol. The second-order valence-corrected chi connectivity index (χ2v) is 14.1. The van der Waals surface area contributed by atoms with Gasteiger partial charge in [-0.1, -0.05) is 33.8 Å². The van der Waals surface area contributed by atoms with Crippen molar-refractivity contribution in [3.63, 3.8) is 0 Å². The number of rotatable bonds is 5. The third kappa shape index (κ3) is 3.52. The van der Waals surface area contributed by atoms with Crippen LogP contribution in [0.3, 0.4) is 0 Å². The molecule has 1 spiro atoms. The molecule has 2 N–H and O–H groups in total. The third-order valence-electron chi connectivity index (χ3n) is 11.8. The van der Waals surface area contributed by atoms with Crippen LogP contribution in [0.15, 0.2) is 34.7 Å². The molecule has 234 valence electrons. The topological polar surface area (TPSA) is 162 Å². The summed E-state index contributed by atoms with van der Waals surface area (Å²) in [6.45, 7) is 10.2. The smallest absolute Gasteiger partial charge is 0.335 e. The van der Waals surface area contributed by atoms with E-state index in [1.165, 1.54) is 6.26 Å². The van der Waals surface area contributed by atoms with Crippen LogP contribution in [0, 0.1) is 34.0 Å². The van der Waals surface area contributed by atoms with Gasteiger partial charge < -0.3 is 33.6 Å². The quantitative estimate of drug-likeness (QED) is 0.221. The molecule has 2 saturated heterocycles. The van der Waals surface area contributed by atoms with Crippen LogP contribution < -0.4 is 0 Å². The molecule has 6 rings (SSSR count). The van der Waals surface area contributed by atoms with Crippen molar-refractivity contribution in [3.8, 4) is 0 Å². The van der Waals surface area contributed by atoms with Crippen molar-refractivity contribution in [3.05, 3.63) is 35.8 Å². The first kappa shape index (κ1) is 30.0. The molecule has 0 amide bonds. The highest BCUT2D eigenvalue weighted by Crippen LogP contribution is 2.78. The normalized spacial score (nSPS) is 45.1. The fourth-order valence-electron chi connectivity index (χ4n) is 9.95. The van der Waals surface area contributed by atoms with Crippen LogP contribution in [0.25, 0.3) is 0 Å². The fourth-order valence-corrected chi connectivity index (χ4v) is 9.95. The number of furan rings is 1. The fraction of sp³-hybridized carbons (Fsp3) is 0.688. The summed E-state index contributed by atoms with van der Waals surface area (Å²) < 4.78 is 28.7. The summed E-state index contributed by atoms with van der Waals surface area (Å²) >= 11 is 0. The van der Waals surface area contributed by atoms with Gasteiger partial charge >= 0.3 is 17.9 Å². The molecule has 0 aromatic carbocycles. The van der Waals surface area contributed by atoms with Crippen molar-refractivity contribution in [2.24, 2.45) is 34.0 Å². The minimum Gasteiger partial charge on any atom is -0.472 e. The molecule has 3 saturated carbocycles. The molecule has 0 radical (unpaired) electrons. The van der Waals surface area contributed by atoms with Gasteiger partial charge in [-0.3, -0.25) is 9.59 Å². The number of aliphatic hydroxyl groups excluding tert-OH is 1. The Morgan fingerprint density at radius 3 is 2.47 bits per heavy atom. The number of carbonyl (C=O) groups excluding carboxylic acids is 4. The van der Waals surface area contributed by atoms with E-state index in [4.69, 9.17) is 23.4 Å². The molecule has 1 aromatic rings. The zero-order valence-corrected chi connectivity index (χ0v) is 25.5. The summed E-state index contributed by atoms with van der Waals surface area (Å²) in [5.74, 6) is -5.01. The number of hydrogen-bond donors (Lipinski definition) is 2. The highest BCUT2D eigenvalue weighted by Gasteiger charge is 2.91. The Bertz CT molecular complexity index is 1410. The number of fused-ring (bicyclic) bond motifs is 5. The van der Waals surface area contributed by atoms with E-state index in [0.717, 1.165) is 7.11 Å². The molecule has 3 aliphatic carbocycles. The lowest BCUT2D eigenvalue weighted by atomic mass is 9.36. The van der Waals surface area contributed by atoms with Crippen LogP contribution >= 0.6 is 0 Å². The van der Waals surface area contributed by atoms with E-state index < -0.39 is 93.3 Å². The first-order chi connectivity index (χ1) is 20.1. The molecule has 43 heavy (non-hydrogen) atoms. The Labute approximate surface area is 249 Å². The Morgan fingerprint density at radius 1 is 1.16 bits per heavy atom. The lowest BCUT2D eigenvalue weighted by molar-refractivity contribution is -0.260. The summed E-state index contributed by atoms with van der Waals surface area (Å²) in [5.41, 5.74) is -6.06. The summed E-state index contributed by atoms with van der Waals surface area (Å²) in [5, 5.41) is 24.2. The van der Waals surface area contributed by atoms with Crippen LogP contribution in [0.1, 0.15) is 72.5 Å². The number of cyclic esters (lactones) is 1. The van der Waals surface area contributed by atoms with Crippen molar-refractivity contribution in [1.82, 2.24) is 0 Å². The molecule has 5 fully saturated rings. The van der Waals surface area contributed by atoms with Crippen LogP contribution in [-0.4, -0.2) is 70.5 Å². The molecular formula is C32H40O11. The average molecular weight is 601 g/mol. The summed E-state index contributed by atoms with van der Waals surface area (Å²) in [7, 11) is 1.15. The average Bonchev–Trinajstić information content (AvgIpc) is 3.45. The number of aliphatic hydroxyl groups is 2. The van der Waals surface area contributed by atoms with Crippen molar-refractivity contribution in [1.29, 1.82) is 0 Å². The maximum Gasteiger partial charge on any atom is 0.335 e. The number of ether oxygens (including phenoxy) is 4. The number of ketones is 1. The van der Waals surface area contributed by atoms with Gasteiger partial charge in [-0.15, -0.1) is 0 Å². The molecule has 11 atom stereocenters. The lowest BCUT2D eigenvalue weighted by Crippen LogP contribution is -2.81. The second kappa shape index (κ2) is 9.25. The minimum atomic E-state index is -2.32. The van der Waals surface area contributed by atoms with Crippen LogP contribution in [-0.2, 0) is 38.1 Å². The maximum atomic E-state index is 14.7. The highest BCUT2D eigenvalue weighted by molar-refractivity contribution is 5.99. The molecule has 2 bridgehead atoms.